The Balaban J connectivity index is 1.89. The third kappa shape index (κ3) is 2.71. The summed E-state index contributed by atoms with van der Waals surface area (Å²) in [7, 11) is 0. The summed E-state index contributed by atoms with van der Waals surface area (Å²) in [6.45, 7) is 2.77. The van der Waals surface area contributed by atoms with Crippen LogP contribution in [0.25, 0.3) is 11.0 Å². The normalized spacial score (nSPS) is 23.8. The van der Waals surface area contributed by atoms with Gasteiger partial charge in [0.05, 0.1) is 0 Å². The quantitative estimate of drug-likeness (QED) is 0.790. The zero-order chi connectivity index (χ0) is 14.8. The van der Waals surface area contributed by atoms with Crippen molar-refractivity contribution in [1.29, 1.82) is 0 Å². The van der Waals surface area contributed by atoms with Crippen molar-refractivity contribution < 1.29 is 9.52 Å². The standard InChI is InChI=1S/C17H24N2O2/c1-11-17(13-6-2-3-8-16(13)21-11)15(9-18)19-14-7-4-5-12(14)10-20/h2-3,6,8,12,14-15,19-20H,4-5,7,9-10,18H2,1H3. The van der Waals surface area contributed by atoms with E-state index in [1.807, 2.05) is 25.1 Å². The van der Waals surface area contributed by atoms with Gasteiger partial charge in [0.1, 0.15) is 11.3 Å². The number of furan rings is 1. The zero-order valence-electron chi connectivity index (χ0n) is 12.5. The summed E-state index contributed by atoms with van der Waals surface area (Å²) in [4.78, 5) is 0. The van der Waals surface area contributed by atoms with Crippen LogP contribution in [0, 0.1) is 12.8 Å². The zero-order valence-corrected chi connectivity index (χ0v) is 12.5. The fraction of sp³-hybridized carbons (Fsp3) is 0.529. The molecule has 3 unspecified atom stereocenters. The highest BCUT2D eigenvalue weighted by Crippen LogP contribution is 2.33. The Bertz CT molecular complexity index is 608. The number of para-hydroxylation sites is 1. The molecule has 0 bridgehead atoms. The first-order valence-corrected chi connectivity index (χ1v) is 7.79. The van der Waals surface area contributed by atoms with E-state index in [4.69, 9.17) is 10.2 Å². The molecule has 1 aromatic carbocycles. The van der Waals surface area contributed by atoms with Gasteiger partial charge in [-0.3, -0.25) is 0 Å². The van der Waals surface area contributed by atoms with Crippen molar-refractivity contribution in [2.45, 2.75) is 38.3 Å². The van der Waals surface area contributed by atoms with Gasteiger partial charge in [-0.2, -0.15) is 0 Å². The van der Waals surface area contributed by atoms with Gasteiger partial charge < -0.3 is 20.6 Å². The average Bonchev–Trinajstić information content (AvgIpc) is 3.07. The number of nitrogens with one attached hydrogen (secondary N) is 1. The Morgan fingerprint density at radius 2 is 2.19 bits per heavy atom. The molecule has 0 spiro atoms. The number of nitrogens with two attached hydrogens (primary N) is 1. The molecule has 3 rings (SSSR count). The van der Waals surface area contributed by atoms with Gasteiger partial charge in [-0.1, -0.05) is 24.6 Å². The number of benzene rings is 1. The van der Waals surface area contributed by atoms with Crippen molar-refractivity contribution in [1.82, 2.24) is 5.32 Å². The number of aliphatic hydroxyl groups excluding tert-OH is 1. The van der Waals surface area contributed by atoms with E-state index in [0.717, 1.165) is 35.1 Å². The van der Waals surface area contributed by atoms with Crippen LogP contribution in [-0.2, 0) is 0 Å². The van der Waals surface area contributed by atoms with Crippen LogP contribution in [0.1, 0.15) is 36.6 Å². The van der Waals surface area contributed by atoms with E-state index in [2.05, 4.69) is 11.4 Å². The summed E-state index contributed by atoms with van der Waals surface area (Å²) in [5.41, 5.74) is 8.10. The van der Waals surface area contributed by atoms with Gasteiger partial charge in [-0.15, -0.1) is 0 Å². The van der Waals surface area contributed by atoms with Crippen LogP contribution in [0.4, 0.5) is 0 Å². The lowest BCUT2D eigenvalue weighted by atomic mass is 9.99. The minimum atomic E-state index is 0.0748. The maximum Gasteiger partial charge on any atom is 0.134 e. The highest BCUT2D eigenvalue weighted by molar-refractivity contribution is 5.82. The van der Waals surface area contributed by atoms with E-state index in [1.165, 1.54) is 6.42 Å². The molecule has 114 valence electrons. The topological polar surface area (TPSA) is 71.4 Å². The Morgan fingerprint density at radius 3 is 2.95 bits per heavy atom. The van der Waals surface area contributed by atoms with E-state index < -0.39 is 0 Å². The van der Waals surface area contributed by atoms with Gasteiger partial charge in [-0.25, -0.2) is 0 Å². The fourth-order valence-electron chi connectivity index (χ4n) is 3.62. The first kappa shape index (κ1) is 14.6. The van der Waals surface area contributed by atoms with Crippen LogP contribution in [0.15, 0.2) is 28.7 Å². The molecule has 2 aromatic rings. The van der Waals surface area contributed by atoms with E-state index in [1.54, 1.807) is 0 Å². The number of aliphatic hydroxyl groups is 1. The van der Waals surface area contributed by atoms with Crippen molar-refractivity contribution in [3.63, 3.8) is 0 Å². The number of hydrogen-bond acceptors (Lipinski definition) is 4. The minimum Gasteiger partial charge on any atom is -0.461 e. The molecule has 1 aromatic heterocycles. The van der Waals surface area contributed by atoms with Gasteiger partial charge in [0.15, 0.2) is 0 Å². The Kier molecular flexibility index (Phi) is 4.29. The second-order valence-corrected chi connectivity index (χ2v) is 6.00. The molecule has 4 heteroatoms. The predicted octanol–water partition coefficient (Wildman–Crippen LogP) is 2.49. The van der Waals surface area contributed by atoms with Crippen LogP contribution in [0.5, 0.6) is 0 Å². The van der Waals surface area contributed by atoms with Gasteiger partial charge >= 0.3 is 0 Å². The first-order chi connectivity index (χ1) is 10.2. The number of rotatable bonds is 5. The van der Waals surface area contributed by atoms with Gasteiger partial charge in [-0.05, 0) is 31.7 Å². The van der Waals surface area contributed by atoms with Gasteiger partial charge in [0, 0.05) is 36.2 Å². The summed E-state index contributed by atoms with van der Waals surface area (Å²) in [5.74, 6) is 1.27. The van der Waals surface area contributed by atoms with Gasteiger partial charge in [0.25, 0.3) is 0 Å². The molecule has 1 aliphatic rings. The maximum atomic E-state index is 9.49. The van der Waals surface area contributed by atoms with Crippen LogP contribution >= 0.6 is 0 Å². The van der Waals surface area contributed by atoms with E-state index in [9.17, 15) is 5.11 Å². The molecule has 0 aliphatic heterocycles. The molecule has 0 radical (unpaired) electrons. The molecule has 1 aliphatic carbocycles. The first-order valence-electron chi connectivity index (χ1n) is 7.79. The molecule has 4 N–H and O–H groups in total. The predicted molar refractivity (Wildman–Crippen MR) is 84.1 cm³/mol. The Hall–Kier alpha value is -1.36. The number of aryl methyl sites for hydroxylation is 1. The fourth-order valence-corrected chi connectivity index (χ4v) is 3.62. The summed E-state index contributed by atoms with van der Waals surface area (Å²) in [6, 6.07) is 8.51. The summed E-state index contributed by atoms with van der Waals surface area (Å²) >= 11 is 0. The van der Waals surface area contributed by atoms with Crippen molar-refractivity contribution in [3.05, 3.63) is 35.6 Å². The van der Waals surface area contributed by atoms with Crippen LogP contribution in [-0.4, -0.2) is 24.3 Å². The van der Waals surface area contributed by atoms with Crippen molar-refractivity contribution >= 4 is 11.0 Å². The highest BCUT2D eigenvalue weighted by atomic mass is 16.3. The largest absolute Gasteiger partial charge is 0.461 e. The monoisotopic (exact) mass is 288 g/mol. The maximum absolute atomic E-state index is 9.49. The van der Waals surface area contributed by atoms with Crippen LogP contribution < -0.4 is 11.1 Å². The second-order valence-electron chi connectivity index (χ2n) is 6.00. The van der Waals surface area contributed by atoms with Crippen molar-refractivity contribution in [3.8, 4) is 0 Å². The summed E-state index contributed by atoms with van der Waals surface area (Å²) in [6.07, 6.45) is 3.37. The SMILES string of the molecule is Cc1oc2ccccc2c1C(CN)NC1CCCC1CO. The summed E-state index contributed by atoms with van der Waals surface area (Å²) < 4.78 is 5.85. The third-order valence-electron chi connectivity index (χ3n) is 4.71. The summed E-state index contributed by atoms with van der Waals surface area (Å²) in [5, 5.41) is 14.3. The molecule has 21 heavy (non-hydrogen) atoms. The molecule has 4 nitrogen and oxygen atoms in total. The van der Waals surface area contributed by atoms with E-state index in [-0.39, 0.29) is 12.6 Å². The molecule has 0 amide bonds. The van der Waals surface area contributed by atoms with E-state index >= 15 is 0 Å². The lowest BCUT2D eigenvalue weighted by Crippen LogP contribution is -2.40. The van der Waals surface area contributed by atoms with Crippen molar-refractivity contribution in [2.24, 2.45) is 11.7 Å². The minimum absolute atomic E-state index is 0.0748. The highest BCUT2D eigenvalue weighted by Gasteiger charge is 2.30. The second kappa shape index (κ2) is 6.18. The molecule has 3 atom stereocenters. The van der Waals surface area contributed by atoms with Crippen LogP contribution in [0.2, 0.25) is 0 Å². The molecule has 1 saturated carbocycles. The van der Waals surface area contributed by atoms with Crippen LogP contribution in [0.3, 0.4) is 0 Å². The Morgan fingerprint density at radius 1 is 1.38 bits per heavy atom. The van der Waals surface area contributed by atoms with Gasteiger partial charge in [0.2, 0.25) is 0 Å². The average molecular weight is 288 g/mol. The number of hydrogen-bond donors (Lipinski definition) is 3. The molecular formula is C17H24N2O2. The third-order valence-corrected chi connectivity index (χ3v) is 4.71. The lowest BCUT2D eigenvalue weighted by molar-refractivity contribution is 0.199. The Labute approximate surface area is 125 Å². The van der Waals surface area contributed by atoms with Crippen molar-refractivity contribution in [2.75, 3.05) is 13.2 Å². The lowest BCUT2D eigenvalue weighted by Gasteiger charge is -2.25. The molecule has 1 heterocycles. The molecule has 1 fully saturated rings. The molecular weight excluding hydrogens is 264 g/mol. The van der Waals surface area contributed by atoms with E-state index in [0.29, 0.717) is 18.5 Å². The molecule has 0 saturated heterocycles. The smallest absolute Gasteiger partial charge is 0.134 e. The number of fused-ring (bicyclic) bond motifs is 1.